The van der Waals surface area contributed by atoms with E-state index >= 15 is 0 Å². The molecule has 0 spiro atoms. The lowest BCUT2D eigenvalue weighted by molar-refractivity contribution is -0.115. The first-order valence-electron chi connectivity index (χ1n) is 8.17. The predicted molar refractivity (Wildman–Crippen MR) is 95.2 cm³/mol. The standard InChI is InChI=1S/C18H18N4O2S/c19-8-7-15(23)22-18-16(13-5-1-2-6-14(13)25-18)17(24)21-11-12-4-3-9-20-10-12/h3-4,9-10H,1-2,5-7,11H2,(H,21,24)(H,22,23). The first-order valence-corrected chi connectivity index (χ1v) is 8.99. The molecule has 0 radical (unpaired) electrons. The van der Waals surface area contributed by atoms with Crippen molar-refractivity contribution in [1.29, 1.82) is 5.26 Å². The molecule has 0 unspecified atom stereocenters. The second-order valence-electron chi connectivity index (χ2n) is 5.84. The Balaban J connectivity index is 1.82. The molecule has 7 heteroatoms. The van der Waals surface area contributed by atoms with Crippen molar-refractivity contribution in [3.63, 3.8) is 0 Å². The van der Waals surface area contributed by atoms with Crippen molar-refractivity contribution in [2.75, 3.05) is 5.32 Å². The molecule has 0 saturated carbocycles. The zero-order chi connectivity index (χ0) is 17.6. The van der Waals surface area contributed by atoms with Gasteiger partial charge in [0, 0.05) is 23.8 Å². The van der Waals surface area contributed by atoms with Gasteiger partial charge in [0.15, 0.2) is 0 Å². The van der Waals surface area contributed by atoms with Crippen LogP contribution < -0.4 is 10.6 Å². The van der Waals surface area contributed by atoms with Crippen LogP contribution in [-0.4, -0.2) is 16.8 Å². The van der Waals surface area contributed by atoms with Gasteiger partial charge in [0.25, 0.3) is 5.91 Å². The topological polar surface area (TPSA) is 94.9 Å². The second kappa shape index (κ2) is 7.90. The Bertz CT molecular complexity index is 824. The number of thiophene rings is 1. The second-order valence-corrected chi connectivity index (χ2v) is 6.95. The highest BCUT2D eigenvalue weighted by atomic mass is 32.1. The van der Waals surface area contributed by atoms with Gasteiger partial charge in [-0.25, -0.2) is 0 Å². The van der Waals surface area contributed by atoms with Crippen LogP contribution in [-0.2, 0) is 24.2 Å². The average molecular weight is 354 g/mol. The molecule has 2 N–H and O–H groups in total. The summed E-state index contributed by atoms with van der Waals surface area (Å²) in [6, 6.07) is 5.55. The Hall–Kier alpha value is -2.72. The van der Waals surface area contributed by atoms with Crippen molar-refractivity contribution < 1.29 is 9.59 Å². The summed E-state index contributed by atoms with van der Waals surface area (Å²) in [5.41, 5.74) is 2.50. The van der Waals surface area contributed by atoms with Crippen molar-refractivity contribution in [2.45, 2.75) is 38.6 Å². The van der Waals surface area contributed by atoms with Crippen LogP contribution in [0.25, 0.3) is 0 Å². The predicted octanol–water partition coefficient (Wildman–Crippen LogP) is 2.80. The Morgan fingerprint density at radius 3 is 2.92 bits per heavy atom. The van der Waals surface area contributed by atoms with E-state index < -0.39 is 0 Å². The fourth-order valence-corrected chi connectivity index (χ4v) is 4.21. The molecule has 2 aromatic heterocycles. The lowest BCUT2D eigenvalue weighted by atomic mass is 9.95. The van der Waals surface area contributed by atoms with Crippen molar-refractivity contribution in [3.05, 3.63) is 46.1 Å². The number of pyridine rings is 1. The third-order valence-corrected chi connectivity index (χ3v) is 5.27. The molecular formula is C18H18N4O2S. The van der Waals surface area contributed by atoms with E-state index in [2.05, 4.69) is 15.6 Å². The van der Waals surface area contributed by atoms with E-state index in [9.17, 15) is 9.59 Å². The van der Waals surface area contributed by atoms with Crippen LogP contribution in [0.5, 0.6) is 0 Å². The number of hydrogen-bond acceptors (Lipinski definition) is 5. The molecule has 0 atom stereocenters. The number of nitriles is 1. The Morgan fingerprint density at radius 2 is 2.16 bits per heavy atom. The van der Waals surface area contributed by atoms with Crippen molar-refractivity contribution in [1.82, 2.24) is 10.3 Å². The molecule has 0 bridgehead atoms. The number of nitrogens with zero attached hydrogens (tertiary/aromatic N) is 2. The minimum absolute atomic E-state index is 0.199. The van der Waals surface area contributed by atoms with Crippen LogP contribution in [0.1, 0.15) is 45.6 Å². The highest BCUT2D eigenvalue weighted by Gasteiger charge is 2.26. The number of aryl methyl sites for hydroxylation is 1. The van der Waals surface area contributed by atoms with Gasteiger partial charge in [0.05, 0.1) is 11.6 Å². The summed E-state index contributed by atoms with van der Waals surface area (Å²) in [5, 5.41) is 14.9. The SMILES string of the molecule is N#CCC(=O)Nc1sc2c(c1C(=O)NCc1cccnc1)CCCC2. The maximum absolute atomic E-state index is 12.8. The lowest BCUT2D eigenvalue weighted by Crippen LogP contribution is -2.25. The Morgan fingerprint density at radius 1 is 1.32 bits per heavy atom. The third kappa shape index (κ3) is 4.03. The van der Waals surface area contributed by atoms with E-state index in [0.717, 1.165) is 41.7 Å². The zero-order valence-corrected chi connectivity index (χ0v) is 14.5. The Kier molecular flexibility index (Phi) is 5.41. The smallest absolute Gasteiger partial charge is 0.254 e. The van der Waals surface area contributed by atoms with E-state index in [4.69, 9.17) is 5.26 Å². The molecule has 128 valence electrons. The molecule has 25 heavy (non-hydrogen) atoms. The van der Waals surface area contributed by atoms with Crippen molar-refractivity contribution in [3.8, 4) is 6.07 Å². The highest BCUT2D eigenvalue weighted by Crippen LogP contribution is 2.38. The molecule has 2 amide bonds. The molecule has 0 saturated heterocycles. The average Bonchev–Trinajstić information content (AvgIpc) is 2.98. The van der Waals surface area contributed by atoms with Gasteiger partial charge in [-0.2, -0.15) is 5.26 Å². The molecule has 6 nitrogen and oxygen atoms in total. The summed E-state index contributed by atoms with van der Waals surface area (Å²) in [4.78, 5) is 29.8. The number of rotatable bonds is 5. The lowest BCUT2D eigenvalue weighted by Gasteiger charge is -2.13. The van der Waals surface area contributed by atoms with Crippen LogP contribution in [0.3, 0.4) is 0 Å². The van der Waals surface area contributed by atoms with E-state index in [0.29, 0.717) is 17.1 Å². The fraction of sp³-hybridized carbons (Fsp3) is 0.333. The molecule has 1 aliphatic rings. The number of hydrogen-bond donors (Lipinski definition) is 2. The number of carbonyl (C=O) groups is 2. The van der Waals surface area contributed by atoms with E-state index in [1.165, 1.54) is 11.3 Å². The molecule has 3 rings (SSSR count). The van der Waals surface area contributed by atoms with Gasteiger partial charge in [-0.3, -0.25) is 14.6 Å². The van der Waals surface area contributed by atoms with Crippen LogP contribution in [0.2, 0.25) is 0 Å². The normalized spacial score (nSPS) is 12.8. The van der Waals surface area contributed by atoms with Gasteiger partial charge in [0.2, 0.25) is 5.91 Å². The summed E-state index contributed by atoms with van der Waals surface area (Å²) >= 11 is 1.45. The molecule has 0 aliphatic heterocycles. The van der Waals surface area contributed by atoms with Crippen LogP contribution in [0.15, 0.2) is 24.5 Å². The maximum Gasteiger partial charge on any atom is 0.254 e. The van der Waals surface area contributed by atoms with Crippen molar-refractivity contribution in [2.24, 2.45) is 0 Å². The molecule has 2 aromatic rings. The van der Waals surface area contributed by atoms with Crippen LogP contribution in [0, 0.1) is 11.3 Å². The highest BCUT2D eigenvalue weighted by molar-refractivity contribution is 7.17. The molecule has 2 heterocycles. The van der Waals surface area contributed by atoms with E-state index in [-0.39, 0.29) is 18.2 Å². The van der Waals surface area contributed by atoms with E-state index in [1.54, 1.807) is 12.4 Å². The van der Waals surface area contributed by atoms with Gasteiger partial charge < -0.3 is 10.6 Å². The monoisotopic (exact) mass is 354 g/mol. The maximum atomic E-state index is 12.8. The first-order chi connectivity index (χ1) is 12.2. The number of amides is 2. The summed E-state index contributed by atoms with van der Waals surface area (Å²) in [6.45, 7) is 0.378. The van der Waals surface area contributed by atoms with E-state index in [1.807, 2.05) is 18.2 Å². The fourth-order valence-electron chi connectivity index (χ4n) is 2.91. The largest absolute Gasteiger partial charge is 0.348 e. The number of aromatic nitrogens is 1. The molecule has 0 aromatic carbocycles. The number of fused-ring (bicyclic) bond motifs is 1. The summed E-state index contributed by atoms with van der Waals surface area (Å²) in [5.74, 6) is -0.585. The summed E-state index contributed by atoms with van der Waals surface area (Å²) in [6.07, 6.45) is 7.07. The number of carbonyl (C=O) groups excluding carboxylic acids is 2. The van der Waals surface area contributed by atoms with Crippen LogP contribution >= 0.6 is 11.3 Å². The molecule has 1 aliphatic carbocycles. The van der Waals surface area contributed by atoms with Gasteiger partial charge in [-0.15, -0.1) is 11.3 Å². The Labute approximate surface area is 149 Å². The third-order valence-electron chi connectivity index (χ3n) is 4.07. The quantitative estimate of drug-likeness (QED) is 0.863. The first kappa shape index (κ1) is 17.1. The van der Waals surface area contributed by atoms with Crippen molar-refractivity contribution >= 4 is 28.2 Å². The molecular weight excluding hydrogens is 336 g/mol. The van der Waals surface area contributed by atoms with Gasteiger partial charge in [-0.1, -0.05) is 6.07 Å². The summed E-state index contributed by atoms with van der Waals surface area (Å²) < 4.78 is 0. The van der Waals surface area contributed by atoms with Gasteiger partial charge >= 0.3 is 0 Å². The summed E-state index contributed by atoms with van der Waals surface area (Å²) in [7, 11) is 0. The van der Waals surface area contributed by atoms with Gasteiger partial charge in [-0.05, 0) is 42.9 Å². The van der Waals surface area contributed by atoms with Gasteiger partial charge in [0.1, 0.15) is 11.4 Å². The number of anilines is 1. The zero-order valence-electron chi connectivity index (χ0n) is 13.7. The number of nitrogens with one attached hydrogen (secondary N) is 2. The molecule has 0 fully saturated rings. The minimum Gasteiger partial charge on any atom is -0.348 e. The van der Waals surface area contributed by atoms with Crippen LogP contribution in [0.4, 0.5) is 5.00 Å². The minimum atomic E-state index is -0.387.